The summed E-state index contributed by atoms with van der Waals surface area (Å²) in [6.07, 6.45) is 0. The highest BCUT2D eigenvalue weighted by Crippen LogP contribution is 2.44. The molecule has 0 fully saturated rings. The Hall–Kier alpha value is -3.43. The van der Waals surface area contributed by atoms with Crippen LogP contribution in [-0.2, 0) is 4.74 Å². The van der Waals surface area contributed by atoms with E-state index >= 15 is 0 Å². The molecule has 0 saturated carbocycles. The van der Waals surface area contributed by atoms with Crippen LogP contribution in [0.25, 0.3) is 31.2 Å². The van der Waals surface area contributed by atoms with Crippen LogP contribution in [0, 0.1) is 13.5 Å². The number of esters is 1. The average Bonchev–Trinajstić information content (AvgIpc) is 3.27. The van der Waals surface area contributed by atoms with Gasteiger partial charge in [-0.3, -0.25) is 0 Å². The number of carbonyl (C=O) groups excluding carboxylic acids is 1. The Morgan fingerprint density at radius 1 is 1.18 bits per heavy atom. The molecule has 0 spiro atoms. The van der Waals surface area contributed by atoms with Crippen molar-refractivity contribution in [2.75, 3.05) is 6.61 Å². The van der Waals surface area contributed by atoms with Crippen molar-refractivity contribution >= 4 is 33.1 Å². The SMILES string of the molecule is [C-]#[N+]c1c(C(=O)OCC)nn(-c2ccccc2)c1-c1sc2ccccc2c1C. The number of nitrogens with zero attached hydrogens (tertiary/aromatic N) is 3. The molecule has 0 radical (unpaired) electrons. The third kappa shape index (κ3) is 2.86. The quantitative estimate of drug-likeness (QED) is 0.329. The molecule has 2 aromatic heterocycles. The summed E-state index contributed by atoms with van der Waals surface area (Å²) < 4.78 is 7.95. The summed E-state index contributed by atoms with van der Waals surface area (Å²) in [5.74, 6) is -0.580. The number of para-hydroxylation sites is 1. The second-order valence-electron chi connectivity index (χ2n) is 6.18. The largest absolute Gasteiger partial charge is 0.462 e. The molecule has 0 bridgehead atoms. The Bertz CT molecular complexity index is 1220. The highest BCUT2D eigenvalue weighted by atomic mass is 32.1. The topological polar surface area (TPSA) is 48.5 Å². The molecule has 4 aromatic rings. The first-order chi connectivity index (χ1) is 13.7. The predicted octanol–water partition coefficient (Wildman–Crippen LogP) is 5.79. The molecule has 0 aliphatic heterocycles. The molecule has 0 aliphatic rings. The number of hydrogen-bond donors (Lipinski definition) is 0. The maximum Gasteiger partial charge on any atom is 0.348 e. The Balaban J connectivity index is 2.05. The van der Waals surface area contributed by atoms with Crippen LogP contribution >= 0.6 is 11.3 Å². The van der Waals surface area contributed by atoms with Gasteiger partial charge in [0.05, 0.1) is 24.6 Å². The predicted molar refractivity (Wildman–Crippen MR) is 111 cm³/mol. The van der Waals surface area contributed by atoms with Crippen LogP contribution in [0.3, 0.4) is 0 Å². The smallest absolute Gasteiger partial charge is 0.348 e. The third-order valence-corrected chi connectivity index (χ3v) is 5.78. The normalized spacial score (nSPS) is 10.8. The van der Waals surface area contributed by atoms with Gasteiger partial charge in [0.1, 0.15) is 0 Å². The van der Waals surface area contributed by atoms with E-state index in [1.54, 1.807) is 22.9 Å². The van der Waals surface area contributed by atoms with Gasteiger partial charge in [-0.1, -0.05) is 36.4 Å². The fraction of sp³-hybridized carbons (Fsp3) is 0.136. The minimum atomic E-state index is -0.580. The molecule has 4 rings (SSSR count). The van der Waals surface area contributed by atoms with Crippen LogP contribution in [0.5, 0.6) is 0 Å². The van der Waals surface area contributed by atoms with E-state index in [4.69, 9.17) is 11.3 Å². The molecule has 0 saturated heterocycles. The summed E-state index contributed by atoms with van der Waals surface area (Å²) in [6, 6.07) is 17.7. The van der Waals surface area contributed by atoms with Crippen molar-refractivity contribution in [1.82, 2.24) is 9.78 Å². The second kappa shape index (κ2) is 7.29. The zero-order chi connectivity index (χ0) is 19.7. The van der Waals surface area contributed by atoms with E-state index in [9.17, 15) is 4.79 Å². The lowest BCUT2D eigenvalue weighted by Gasteiger charge is -2.08. The van der Waals surface area contributed by atoms with Crippen molar-refractivity contribution in [3.05, 3.63) is 77.3 Å². The van der Waals surface area contributed by atoms with Gasteiger partial charge in [-0.25, -0.2) is 14.3 Å². The van der Waals surface area contributed by atoms with Gasteiger partial charge in [0.25, 0.3) is 0 Å². The monoisotopic (exact) mass is 387 g/mol. The van der Waals surface area contributed by atoms with E-state index in [0.29, 0.717) is 5.69 Å². The average molecular weight is 387 g/mol. The lowest BCUT2D eigenvalue weighted by atomic mass is 10.1. The van der Waals surface area contributed by atoms with Gasteiger partial charge in [-0.05, 0) is 43.0 Å². The van der Waals surface area contributed by atoms with Crippen molar-refractivity contribution in [2.45, 2.75) is 13.8 Å². The van der Waals surface area contributed by atoms with Crippen molar-refractivity contribution in [3.8, 4) is 16.3 Å². The molecular formula is C22H17N3O2S. The maximum absolute atomic E-state index is 12.5. The summed E-state index contributed by atoms with van der Waals surface area (Å²) in [7, 11) is 0. The van der Waals surface area contributed by atoms with Gasteiger partial charge in [0, 0.05) is 9.58 Å². The van der Waals surface area contributed by atoms with Crippen LogP contribution in [0.2, 0.25) is 0 Å². The highest BCUT2D eigenvalue weighted by molar-refractivity contribution is 7.22. The van der Waals surface area contributed by atoms with Crippen LogP contribution in [-0.4, -0.2) is 22.4 Å². The van der Waals surface area contributed by atoms with E-state index in [0.717, 1.165) is 26.2 Å². The summed E-state index contributed by atoms with van der Waals surface area (Å²) in [4.78, 5) is 17.1. The van der Waals surface area contributed by atoms with Crippen molar-refractivity contribution in [1.29, 1.82) is 0 Å². The standard InChI is InChI=1S/C22H17N3O2S/c1-4-27-22(26)19-18(23-3)20(25(24-19)15-10-6-5-7-11-15)21-14(2)16-12-8-9-13-17(16)28-21/h5-13H,4H2,1-2H3. The van der Waals surface area contributed by atoms with Gasteiger partial charge in [0.2, 0.25) is 5.69 Å². The molecule has 0 amide bonds. The summed E-state index contributed by atoms with van der Waals surface area (Å²) in [5, 5.41) is 5.63. The van der Waals surface area contributed by atoms with Crippen molar-refractivity contribution in [2.24, 2.45) is 0 Å². The Morgan fingerprint density at radius 3 is 2.57 bits per heavy atom. The lowest BCUT2D eigenvalue weighted by molar-refractivity contribution is 0.0520. The van der Waals surface area contributed by atoms with Crippen LogP contribution in [0.15, 0.2) is 54.6 Å². The van der Waals surface area contributed by atoms with E-state index < -0.39 is 5.97 Å². The van der Waals surface area contributed by atoms with E-state index in [2.05, 4.69) is 22.1 Å². The molecule has 2 aromatic carbocycles. The lowest BCUT2D eigenvalue weighted by Crippen LogP contribution is -2.07. The molecule has 5 nitrogen and oxygen atoms in total. The van der Waals surface area contributed by atoms with Crippen LogP contribution in [0.4, 0.5) is 5.69 Å². The molecule has 0 aliphatic carbocycles. The van der Waals surface area contributed by atoms with Crippen LogP contribution in [0.1, 0.15) is 23.0 Å². The highest BCUT2D eigenvalue weighted by Gasteiger charge is 2.28. The third-order valence-electron chi connectivity index (χ3n) is 4.50. The number of ether oxygens (including phenoxy) is 1. The molecule has 0 unspecified atom stereocenters. The minimum absolute atomic E-state index is 0.0487. The molecule has 0 N–H and O–H groups in total. The van der Waals surface area contributed by atoms with Gasteiger partial charge >= 0.3 is 5.97 Å². The summed E-state index contributed by atoms with van der Waals surface area (Å²) in [5.41, 5.74) is 2.75. The number of carbonyl (C=O) groups is 1. The Morgan fingerprint density at radius 2 is 1.89 bits per heavy atom. The number of aromatic nitrogens is 2. The summed E-state index contributed by atoms with van der Waals surface area (Å²) >= 11 is 1.60. The Labute approximate surface area is 166 Å². The molecule has 0 atom stereocenters. The number of aryl methyl sites for hydroxylation is 1. The number of rotatable bonds is 4. The van der Waals surface area contributed by atoms with Crippen molar-refractivity contribution < 1.29 is 9.53 Å². The fourth-order valence-corrected chi connectivity index (χ4v) is 4.45. The molecular weight excluding hydrogens is 370 g/mol. The van der Waals surface area contributed by atoms with Gasteiger partial charge in [0.15, 0.2) is 5.69 Å². The molecule has 6 heteroatoms. The first-order valence-electron chi connectivity index (χ1n) is 8.87. The van der Waals surface area contributed by atoms with E-state index in [-0.39, 0.29) is 18.0 Å². The van der Waals surface area contributed by atoms with Gasteiger partial charge < -0.3 is 4.74 Å². The zero-order valence-corrected chi connectivity index (χ0v) is 16.3. The maximum atomic E-state index is 12.5. The Kier molecular flexibility index (Phi) is 4.68. The number of hydrogen-bond acceptors (Lipinski definition) is 4. The second-order valence-corrected chi connectivity index (χ2v) is 7.23. The number of thiophene rings is 1. The fourth-order valence-electron chi connectivity index (χ4n) is 3.21. The summed E-state index contributed by atoms with van der Waals surface area (Å²) in [6.45, 7) is 11.8. The van der Waals surface area contributed by atoms with E-state index in [1.807, 2.05) is 49.4 Å². The van der Waals surface area contributed by atoms with Crippen molar-refractivity contribution in [3.63, 3.8) is 0 Å². The first kappa shape index (κ1) is 18.0. The number of fused-ring (bicyclic) bond motifs is 1. The van der Waals surface area contributed by atoms with Gasteiger partial charge in [-0.2, -0.15) is 5.10 Å². The molecule has 2 heterocycles. The molecule has 28 heavy (non-hydrogen) atoms. The minimum Gasteiger partial charge on any atom is -0.462 e. The zero-order valence-electron chi connectivity index (χ0n) is 15.5. The molecule has 138 valence electrons. The van der Waals surface area contributed by atoms with Crippen LogP contribution < -0.4 is 0 Å². The number of benzene rings is 2. The van der Waals surface area contributed by atoms with E-state index in [1.165, 1.54) is 0 Å². The first-order valence-corrected chi connectivity index (χ1v) is 9.68. The van der Waals surface area contributed by atoms with Gasteiger partial charge in [-0.15, -0.1) is 11.3 Å².